The van der Waals surface area contributed by atoms with Gasteiger partial charge in [0.15, 0.2) is 5.16 Å². The number of benzene rings is 4. The van der Waals surface area contributed by atoms with E-state index in [4.69, 9.17) is 0 Å². The summed E-state index contributed by atoms with van der Waals surface area (Å²) in [6.07, 6.45) is -2.31. The summed E-state index contributed by atoms with van der Waals surface area (Å²) in [5.41, 5.74) is 3.36. The molecule has 1 aliphatic rings. The normalized spacial score (nSPS) is 14.9. The molecule has 0 saturated carbocycles. The molecule has 0 bridgehead atoms. The van der Waals surface area contributed by atoms with Gasteiger partial charge in [-0.3, -0.25) is 14.2 Å². The third kappa shape index (κ3) is 8.45. The average molecular weight is 698 g/mol. The van der Waals surface area contributed by atoms with Gasteiger partial charge in [-0.15, -0.1) is 10.2 Å². The maximum absolute atomic E-state index is 13.6. The largest absolute Gasteiger partial charge is 0.416 e. The van der Waals surface area contributed by atoms with Crippen molar-refractivity contribution < 1.29 is 22.8 Å². The third-order valence-corrected chi connectivity index (χ3v) is 9.85. The van der Waals surface area contributed by atoms with Crippen LogP contribution in [0.25, 0.3) is 16.8 Å². The predicted molar refractivity (Wildman–Crippen MR) is 189 cm³/mol. The molecule has 5 aromatic rings. The van der Waals surface area contributed by atoms with Crippen LogP contribution < -0.4 is 0 Å². The Morgan fingerprint density at radius 1 is 0.820 bits per heavy atom. The topological polar surface area (TPSA) is 71.3 Å². The van der Waals surface area contributed by atoms with E-state index in [9.17, 15) is 22.8 Å². The molecule has 2 amide bonds. The molecule has 50 heavy (non-hydrogen) atoms. The molecular formula is C39H38F3N5O2S. The third-order valence-electron chi connectivity index (χ3n) is 8.83. The van der Waals surface area contributed by atoms with E-state index >= 15 is 0 Å². The Balaban J connectivity index is 1.01. The molecule has 6 rings (SSSR count). The van der Waals surface area contributed by atoms with E-state index in [2.05, 4.69) is 10.2 Å². The van der Waals surface area contributed by atoms with Crippen molar-refractivity contribution in [3.8, 4) is 16.8 Å². The van der Waals surface area contributed by atoms with Gasteiger partial charge in [0.05, 0.1) is 11.3 Å². The van der Waals surface area contributed by atoms with Crippen LogP contribution in [-0.4, -0.2) is 67.8 Å². The summed E-state index contributed by atoms with van der Waals surface area (Å²) < 4.78 is 42.4. The summed E-state index contributed by atoms with van der Waals surface area (Å²) >= 11 is 1.41. The zero-order valence-electron chi connectivity index (χ0n) is 27.7. The number of nitrogens with zero attached hydrogens (tertiary/aromatic N) is 5. The Morgan fingerprint density at radius 3 is 2.22 bits per heavy atom. The minimum Gasteiger partial charge on any atom is -0.339 e. The highest BCUT2D eigenvalue weighted by Crippen LogP contribution is 2.32. The molecule has 0 aliphatic carbocycles. The first kappa shape index (κ1) is 34.9. The van der Waals surface area contributed by atoms with Crippen molar-refractivity contribution in [2.45, 2.75) is 50.0 Å². The smallest absolute Gasteiger partial charge is 0.339 e. The van der Waals surface area contributed by atoms with Gasteiger partial charge in [-0.2, -0.15) is 13.2 Å². The minimum absolute atomic E-state index is 0.0360. The highest BCUT2D eigenvalue weighted by atomic mass is 32.2. The number of carbonyl (C=O) groups excluding carboxylic acids is 2. The van der Waals surface area contributed by atoms with Crippen molar-refractivity contribution in [1.29, 1.82) is 0 Å². The molecule has 1 fully saturated rings. The lowest BCUT2D eigenvalue weighted by molar-refractivity contribution is -0.137. The number of thioether (sulfide) groups is 1. The molecule has 1 aromatic heterocycles. The minimum atomic E-state index is -4.47. The summed E-state index contributed by atoms with van der Waals surface area (Å²) in [7, 11) is 0. The van der Waals surface area contributed by atoms with Crippen molar-refractivity contribution >= 4 is 23.6 Å². The van der Waals surface area contributed by atoms with E-state index in [0.717, 1.165) is 28.8 Å². The molecule has 7 nitrogen and oxygen atoms in total. The van der Waals surface area contributed by atoms with Gasteiger partial charge in [0.25, 0.3) is 5.91 Å². The number of carbonyl (C=O) groups is 2. The molecule has 11 heteroatoms. The molecule has 1 unspecified atom stereocenters. The quantitative estimate of drug-likeness (QED) is 0.103. The van der Waals surface area contributed by atoms with Crippen LogP contribution in [0.15, 0.2) is 114 Å². The zero-order chi connectivity index (χ0) is 35.1. The first-order chi connectivity index (χ1) is 24.2. The van der Waals surface area contributed by atoms with Crippen LogP contribution in [-0.2, 0) is 17.4 Å². The SMILES string of the molecule is CC1CN(C(=O)CCCCSc2nnc(Cc3ccccc3)n2-c2cccc(C(F)(F)F)c2)CCN1C(=O)c1ccc(-c2ccccc2)cc1. The van der Waals surface area contributed by atoms with Crippen molar-refractivity contribution in [2.75, 3.05) is 25.4 Å². The molecule has 4 aromatic carbocycles. The van der Waals surface area contributed by atoms with E-state index in [1.54, 1.807) is 10.6 Å². The zero-order valence-corrected chi connectivity index (χ0v) is 28.5. The maximum atomic E-state index is 13.6. The predicted octanol–water partition coefficient (Wildman–Crippen LogP) is 8.18. The number of aromatic nitrogens is 3. The van der Waals surface area contributed by atoms with Crippen LogP contribution in [0, 0.1) is 0 Å². The summed E-state index contributed by atoms with van der Waals surface area (Å²) in [5.74, 6) is 1.19. The van der Waals surface area contributed by atoms with Gasteiger partial charge in [-0.25, -0.2) is 0 Å². The number of hydrogen-bond donors (Lipinski definition) is 0. The summed E-state index contributed by atoms with van der Waals surface area (Å²) in [6.45, 7) is 3.40. The fraction of sp³-hybridized carbons (Fsp3) is 0.282. The monoisotopic (exact) mass is 697 g/mol. The Hall–Kier alpha value is -4.90. The molecule has 1 atom stereocenters. The molecule has 2 heterocycles. The molecule has 1 aliphatic heterocycles. The number of rotatable bonds is 11. The lowest BCUT2D eigenvalue weighted by Gasteiger charge is -2.40. The summed E-state index contributed by atoms with van der Waals surface area (Å²) in [5, 5.41) is 9.20. The van der Waals surface area contributed by atoms with Crippen LogP contribution >= 0.6 is 11.8 Å². The second-order valence-electron chi connectivity index (χ2n) is 12.4. The van der Waals surface area contributed by atoms with Gasteiger partial charge in [-0.1, -0.05) is 90.6 Å². The van der Waals surface area contributed by atoms with Gasteiger partial charge in [0.2, 0.25) is 5.91 Å². The van der Waals surface area contributed by atoms with Gasteiger partial charge < -0.3 is 9.80 Å². The van der Waals surface area contributed by atoms with Crippen molar-refractivity contribution in [1.82, 2.24) is 24.6 Å². The van der Waals surface area contributed by atoms with Gasteiger partial charge in [0.1, 0.15) is 5.82 Å². The number of alkyl halides is 3. The van der Waals surface area contributed by atoms with Crippen molar-refractivity contribution in [3.05, 3.63) is 132 Å². The fourth-order valence-electron chi connectivity index (χ4n) is 6.15. The van der Waals surface area contributed by atoms with Gasteiger partial charge >= 0.3 is 6.18 Å². The number of amides is 2. The number of hydrogen-bond acceptors (Lipinski definition) is 5. The van der Waals surface area contributed by atoms with Crippen LogP contribution in [0.3, 0.4) is 0 Å². The first-order valence-corrected chi connectivity index (χ1v) is 17.7. The van der Waals surface area contributed by atoms with Gasteiger partial charge in [-0.05, 0) is 66.8 Å². The lowest BCUT2D eigenvalue weighted by Crippen LogP contribution is -2.55. The molecule has 0 spiro atoms. The molecule has 258 valence electrons. The highest BCUT2D eigenvalue weighted by molar-refractivity contribution is 7.99. The molecule has 0 radical (unpaired) electrons. The fourth-order valence-corrected chi connectivity index (χ4v) is 7.12. The summed E-state index contributed by atoms with van der Waals surface area (Å²) in [6, 6.07) is 32.3. The number of halogens is 3. The molecule has 1 saturated heterocycles. The van der Waals surface area contributed by atoms with E-state index in [1.807, 2.05) is 102 Å². The van der Waals surface area contributed by atoms with Gasteiger partial charge in [0, 0.05) is 49.8 Å². The molecule has 0 N–H and O–H groups in total. The Bertz CT molecular complexity index is 1900. The Morgan fingerprint density at radius 2 is 1.52 bits per heavy atom. The van der Waals surface area contributed by atoms with Crippen molar-refractivity contribution in [2.24, 2.45) is 0 Å². The average Bonchev–Trinajstić information content (AvgIpc) is 3.53. The van der Waals surface area contributed by atoms with Crippen LogP contribution in [0.1, 0.15) is 53.5 Å². The standard InChI is InChI=1S/C39H38F3N5O2S/c1-28-27-45(22-23-46(28)37(49)32-20-18-31(19-21-32)30-13-6-3-7-14-30)36(48)17-8-9-24-50-38-44-43-35(25-29-11-4-2-5-12-29)47(38)34-16-10-15-33(26-34)39(40,41)42/h2-7,10-16,18-21,26,28H,8-9,17,22-25,27H2,1H3. The van der Waals surface area contributed by atoms with E-state index in [0.29, 0.717) is 73.3 Å². The van der Waals surface area contributed by atoms with E-state index in [-0.39, 0.29) is 17.9 Å². The molecular weight excluding hydrogens is 660 g/mol. The number of unbranched alkanes of at least 4 members (excludes halogenated alkanes) is 1. The van der Waals surface area contributed by atoms with Crippen LogP contribution in [0.2, 0.25) is 0 Å². The van der Waals surface area contributed by atoms with E-state index in [1.165, 1.54) is 17.8 Å². The van der Waals surface area contributed by atoms with E-state index < -0.39 is 11.7 Å². The number of piperazine rings is 1. The highest BCUT2D eigenvalue weighted by Gasteiger charge is 2.32. The Kier molecular flexibility index (Phi) is 11.0. The van der Waals surface area contributed by atoms with Crippen molar-refractivity contribution in [3.63, 3.8) is 0 Å². The van der Waals surface area contributed by atoms with Crippen LogP contribution in [0.4, 0.5) is 13.2 Å². The second-order valence-corrected chi connectivity index (χ2v) is 13.4. The second kappa shape index (κ2) is 15.8. The lowest BCUT2D eigenvalue weighted by atomic mass is 10.0. The summed E-state index contributed by atoms with van der Waals surface area (Å²) in [4.78, 5) is 30.1. The Labute approximate surface area is 294 Å². The van der Waals surface area contributed by atoms with Crippen LogP contribution in [0.5, 0.6) is 0 Å². The maximum Gasteiger partial charge on any atom is 0.416 e. The first-order valence-electron chi connectivity index (χ1n) is 16.7.